The van der Waals surface area contributed by atoms with Crippen molar-refractivity contribution < 1.29 is 4.79 Å². The second-order valence-electron chi connectivity index (χ2n) is 4.71. The quantitative estimate of drug-likeness (QED) is 0.856. The highest BCUT2D eigenvalue weighted by molar-refractivity contribution is 6.33. The lowest BCUT2D eigenvalue weighted by atomic mass is 10.1. The van der Waals surface area contributed by atoms with Gasteiger partial charge in [0.05, 0.1) is 16.8 Å². The first kappa shape index (κ1) is 14.4. The van der Waals surface area contributed by atoms with E-state index in [0.717, 1.165) is 5.56 Å². The minimum absolute atomic E-state index is 0.0712. The molecule has 20 heavy (non-hydrogen) atoms. The summed E-state index contributed by atoms with van der Waals surface area (Å²) in [4.78, 5) is 11.9. The summed E-state index contributed by atoms with van der Waals surface area (Å²) < 4.78 is 0. The van der Waals surface area contributed by atoms with E-state index in [9.17, 15) is 4.79 Å². The molecule has 0 aliphatic carbocycles. The fourth-order valence-corrected chi connectivity index (χ4v) is 2.04. The second-order valence-corrected chi connectivity index (χ2v) is 5.12. The Hall–Kier alpha value is -2.00. The Morgan fingerprint density at radius 2 is 1.75 bits per heavy atom. The molecule has 2 aromatic carbocycles. The monoisotopic (exact) mass is 288 g/mol. The van der Waals surface area contributed by atoms with E-state index in [1.54, 1.807) is 12.1 Å². The van der Waals surface area contributed by atoms with E-state index in [1.165, 1.54) is 5.56 Å². The van der Waals surface area contributed by atoms with Crippen molar-refractivity contribution in [1.82, 2.24) is 5.32 Å². The lowest BCUT2D eigenvalue weighted by Gasteiger charge is -2.15. The number of halogens is 1. The summed E-state index contributed by atoms with van der Waals surface area (Å²) in [5.41, 5.74) is 2.86. The van der Waals surface area contributed by atoms with Gasteiger partial charge in [-0.2, -0.15) is 0 Å². The van der Waals surface area contributed by atoms with Crippen molar-refractivity contribution in [2.45, 2.75) is 19.9 Å². The molecule has 2 rings (SSSR count). The van der Waals surface area contributed by atoms with E-state index >= 15 is 0 Å². The van der Waals surface area contributed by atoms with Crippen LogP contribution in [0.25, 0.3) is 0 Å². The van der Waals surface area contributed by atoms with Gasteiger partial charge in [0.2, 0.25) is 0 Å². The fraction of sp³-hybridized carbons (Fsp3) is 0.188. The lowest BCUT2D eigenvalue weighted by Crippen LogP contribution is -2.31. The molecule has 0 fully saturated rings. The molecule has 0 saturated carbocycles. The van der Waals surface area contributed by atoms with Crippen LogP contribution in [0.3, 0.4) is 0 Å². The van der Waals surface area contributed by atoms with Crippen LogP contribution in [0.15, 0.2) is 48.5 Å². The Morgan fingerprint density at radius 3 is 2.40 bits per heavy atom. The van der Waals surface area contributed by atoms with Crippen LogP contribution in [-0.4, -0.2) is 6.03 Å². The highest BCUT2D eigenvalue weighted by Crippen LogP contribution is 2.20. The Morgan fingerprint density at radius 1 is 1.10 bits per heavy atom. The molecule has 1 atom stereocenters. The van der Waals surface area contributed by atoms with Gasteiger partial charge in [0.1, 0.15) is 0 Å². The summed E-state index contributed by atoms with van der Waals surface area (Å²) in [5, 5.41) is 6.14. The summed E-state index contributed by atoms with van der Waals surface area (Å²) in [6.07, 6.45) is 0. The topological polar surface area (TPSA) is 41.1 Å². The molecule has 0 aromatic heterocycles. The summed E-state index contributed by atoms with van der Waals surface area (Å²) >= 11 is 6.00. The number of hydrogen-bond acceptors (Lipinski definition) is 1. The summed E-state index contributed by atoms with van der Waals surface area (Å²) in [6.45, 7) is 3.98. The van der Waals surface area contributed by atoms with E-state index in [1.807, 2.05) is 50.2 Å². The van der Waals surface area contributed by atoms with Gasteiger partial charge in [0, 0.05) is 0 Å². The maximum Gasteiger partial charge on any atom is 0.319 e. The summed E-state index contributed by atoms with van der Waals surface area (Å²) in [5.74, 6) is 0. The summed E-state index contributed by atoms with van der Waals surface area (Å²) in [7, 11) is 0. The van der Waals surface area contributed by atoms with Crippen LogP contribution in [0, 0.1) is 6.92 Å². The van der Waals surface area contributed by atoms with Crippen molar-refractivity contribution in [2.75, 3.05) is 5.32 Å². The van der Waals surface area contributed by atoms with E-state index in [4.69, 9.17) is 11.6 Å². The van der Waals surface area contributed by atoms with Crippen LogP contribution in [0.4, 0.5) is 10.5 Å². The molecule has 0 spiro atoms. The molecule has 2 N–H and O–H groups in total. The highest BCUT2D eigenvalue weighted by Gasteiger charge is 2.10. The van der Waals surface area contributed by atoms with Gasteiger partial charge in [-0.1, -0.05) is 53.6 Å². The number of para-hydroxylation sites is 1. The van der Waals surface area contributed by atoms with Gasteiger partial charge in [-0.15, -0.1) is 0 Å². The smallest absolute Gasteiger partial charge is 0.319 e. The zero-order valence-electron chi connectivity index (χ0n) is 11.5. The third-order valence-electron chi connectivity index (χ3n) is 3.05. The van der Waals surface area contributed by atoms with Gasteiger partial charge in [0.15, 0.2) is 0 Å². The van der Waals surface area contributed by atoms with Crippen molar-refractivity contribution in [2.24, 2.45) is 0 Å². The molecule has 4 heteroatoms. The molecule has 104 valence electrons. The molecular formula is C16H17ClN2O. The average molecular weight is 289 g/mol. The molecule has 2 aromatic rings. The van der Waals surface area contributed by atoms with Gasteiger partial charge in [-0.3, -0.25) is 0 Å². The molecule has 0 aliphatic heterocycles. The zero-order valence-corrected chi connectivity index (χ0v) is 12.2. The van der Waals surface area contributed by atoms with Gasteiger partial charge >= 0.3 is 6.03 Å². The van der Waals surface area contributed by atoms with Crippen molar-refractivity contribution in [1.29, 1.82) is 0 Å². The number of carbonyl (C=O) groups is 1. The minimum atomic E-state index is -0.272. The molecule has 0 heterocycles. The van der Waals surface area contributed by atoms with Crippen LogP contribution in [0.5, 0.6) is 0 Å². The molecular weight excluding hydrogens is 272 g/mol. The van der Waals surface area contributed by atoms with Crippen LogP contribution in [0.1, 0.15) is 24.1 Å². The SMILES string of the molecule is Cc1ccc(C(C)NC(=O)Nc2ccccc2Cl)cc1. The second kappa shape index (κ2) is 6.44. The maximum atomic E-state index is 11.9. The Balaban J connectivity index is 1.98. The van der Waals surface area contributed by atoms with Crippen LogP contribution < -0.4 is 10.6 Å². The number of anilines is 1. The van der Waals surface area contributed by atoms with Gasteiger partial charge < -0.3 is 10.6 Å². The lowest BCUT2D eigenvalue weighted by molar-refractivity contribution is 0.249. The van der Waals surface area contributed by atoms with E-state index in [-0.39, 0.29) is 12.1 Å². The molecule has 3 nitrogen and oxygen atoms in total. The number of urea groups is 1. The van der Waals surface area contributed by atoms with Crippen molar-refractivity contribution in [3.05, 3.63) is 64.7 Å². The number of hydrogen-bond donors (Lipinski definition) is 2. The predicted octanol–water partition coefficient (Wildman–Crippen LogP) is 4.53. The predicted molar refractivity (Wildman–Crippen MR) is 83.2 cm³/mol. The maximum absolute atomic E-state index is 11.9. The first-order valence-electron chi connectivity index (χ1n) is 6.45. The van der Waals surface area contributed by atoms with Crippen LogP contribution >= 0.6 is 11.6 Å². The minimum Gasteiger partial charge on any atom is -0.331 e. The Bertz CT molecular complexity index is 596. The van der Waals surface area contributed by atoms with Gasteiger partial charge in [-0.25, -0.2) is 4.79 Å². The fourth-order valence-electron chi connectivity index (χ4n) is 1.86. The van der Waals surface area contributed by atoms with E-state index in [0.29, 0.717) is 10.7 Å². The number of carbonyl (C=O) groups excluding carboxylic acids is 1. The Kier molecular flexibility index (Phi) is 4.64. The van der Waals surface area contributed by atoms with Crippen LogP contribution in [-0.2, 0) is 0 Å². The van der Waals surface area contributed by atoms with Gasteiger partial charge in [-0.05, 0) is 31.5 Å². The first-order valence-corrected chi connectivity index (χ1v) is 6.82. The van der Waals surface area contributed by atoms with Crippen molar-refractivity contribution in [3.8, 4) is 0 Å². The number of benzene rings is 2. The molecule has 0 saturated heterocycles. The average Bonchev–Trinajstić information content (AvgIpc) is 2.42. The van der Waals surface area contributed by atoms with Crippen molar-refractivity contribution >= 4 is 23.3 Å². The normalized spacial score (nSPS) is 11.8. The third kappa shape index (κ3) is 3.75. The standard InChI is InChI=1S/C16H17ClN2O/c1-11-7-9-13(10-8-11)12(2)18-16(20)19-15-6-4-3-5-14(15)17/h3-10,12H,1-2H3,(H2,18,19,20). The number of amides is 2. The van der Waals surface area contributed by atoms with Crippen molar-refractivity contribution in [3.63, 3.8) is 0 Å². The Labute approximate surface area is 124 Å². The van der Waals surface area contributed by atoms with Crippen LogP contribution in [0.2, 0.25) is 5.02 Å². The molecule has 1 unspecified atom stereocenters. The molecule has 2 amide bonds. The first-order chi connectivity index (χ1) is 9.56. The third-order valence-corrected chi connectivity index (χ3v) is 3.38. The zero-order chi connectivity index (χ0) is 14.5. The molecule has 0 bridgehead atoms. The number of rotatable bonds is 3. The van der Waals surface area contributed by atoms with E-state index in [2.05, 4.69) is 10.6 Å². The molecule has 0 radical (unpaired) electrons. The largest absolute Gasteiger partial charge is 0.331 e. The highest BCUT2D eigenvalue weighted by atomic mass is 35.5. The number of aryl methyl sites for hydroxylation is 1. The van der Waals surface area contributed by atoms with Gasteiger partial charge in [0.25, 0.3) is 0 Å². The number of nitrogens with one attached hydrogen (secondary N) is 2. The van der Waals surface area contributed by atoms with E-state index < -0.39 is 0 Å². The molecule has 0 aliphatic rings. The summed E-state index contributed by atoms with van der Waals surface area (Å²) in [6, 6.07) is 14.9.